The predicted molar refractivity (Wildman–Crippen MR) is 102 cm³/mol. The molecule has 1 aromatic heterocycles. The summed E-state index contributed by atoms with van der Waals surface area (Å²) in [6.07, 6.45) is 2.63. The molecule has 1 aromatic carbocycles. The van der Waals surface area contributed by atoms with E-state index in [1.54, 1.807) is 4.68 Å². The molecule has 0 saturated carbocycles. The zero-order valence-corrected chi connectivity index (χ0v) is 16.0. The highest BCUT2D eigenvalue weighted by molar-refractivity contribution is 5.75. The number of ether oxygens (including phenoxy) is 1. The number of nitrogens with zero attached hydrogens (tertiary/aromatic N) is 6. The molecule has 148 valence electrons. The number of aromatic nitrogens is 4. The zero-order valence-electron chi connectivity index (χ0n) is 16.0. The number of rotatable bonds is 2. The number of likely N-dealkylation sites (tertiary alicyclic amines) is 1. The van der Waals surface area contributed by atoms with Gasteiger partial charge in [-0.15, -0.1) is 0 Å². The van der Waals surface area contributed by atoms with E-state index in [2.05, 4.69) is 43.9 Å². The highest BCUT2D eigenvalue weighted by Crippen LogP contribution is 2.43. The Balaban J connectivity index is 1.17. The number of tetrazole rings is 1. The molecule has 1 unspecified atom stereocenters. The number of urea groups is 1. The number of aryl methyl sites for hydroxylation is 1. The molecule has 1 spiro atoms. The van der Waals surface area contributed by atoms with Crippen LogP contribution in [0.4, 0.5) is 10.7 Å². The Kier molecular flexibility index (Phi) is 4.19. The molecule has 9 heteroatoms. The monoisotopic (exact) mass is 383 g/mol. The van der Waals surface area contributed by atoms with Crippen LogP contribution < -0.4 is 10.2 Å². The SMILES string of the molecule is Cn1nnnc1N1CCC(NC(=O)N2CCC3(C2)OCc2ccccc23)CC1. The molecule has 1 N–H and O–H groups in total. The summed E-state index contributed by atoms with van der Waals surface area (Å²) in [5.74, 6) is 0.781. The number of nitrogens with one attached hydrogen (secondary N) is 1. The lowest BCUT2D eigenvalue weighted by atomic mass is 9.92. The number of carbonyl (C=O) groups excluding carboxylic acids is 1. The lowest BCUT2D eigenvalue weighted by molar-refractivity contribution is -0.0273. The van der Waals surface area contributed by atoms with Crippen molar-refractivity contribution >= 4 is 12.0 Å². The summed E-state index contributed by atoms with van der Waals surface area (Å²) in [6.45, 7) is 3.66. The van der Waals surface area contributed by atoms with Gasteiger partial charge in [0.25, 0.3) is 0 Å². The Hall–Kier alpha value is -2.68. The van der Waals surface area contributed by atoms with E-state index < -0.39 is 0 Å². The van der Waals surface area contributed by atoms with Crippen molar-refractivity contribution in [3.63, 3.8) is 0 Å². The van der Waals surface area contributed by atoms with Gasteiger partial charge in [-0.05, 0) is 34.4 Å². The summed E-state index contributed by atoms with van der Waals surface area (Å²) in [7, 11) is 1.84. The van der Waals surface area contributed by atoms with Crippen LogP contribution >= 0.6 is 0 Å². The predicted octanol–water partition coefficient (Wildman–Crippen LogP) is 1.02. The maximum absolute atomic E-state index is 12.8. The van der Waals surface area contributed by atoms with Gasteiger partial charge in [0.05, 0.1) is 13.2 Å². The summed E-state index contributed by atoms with van der Waals surface area (Å²) in [6, 6.07) is 8.55. The second-order valence-electron chi connectivity index (χ2n) is 7.92. The first kappa shape index (κ1) is 17.4. The fraction of sp³-hybridized carbons (Fsp3) is 0.579. The number of piperidine rings is 1. The van der Waals surface area contributed by atoms with E-state index in [1.807, 2.05) is 18.0 Å². The minimum Gasteiger partial charge on any atom is -0.364 e. The van der Waals surface area contributed by atoms with Crippen LogP contribution in [0.3, 0.4) is 0 Å². The minimum absolute atomic E-state index is 0.0173. The first-order valence-electron chi connectivity index (χ1n) is 9.90. The van der Waals surface area contributed by atoms with Crippen LogP contribution in [0.5, 0.6) is 0 Å². The average Bonchev–Trinajstić information content (AvgIpc) is 3.43. The first-order chi connectivity index (χ1) is 13.6. The van der Waals surface area contributed by atoms with Crippen molar-refractivity contribution < 1.29 is 9.53 Å². The van der Waals surface area contributed by atoms with Crippen LogP contribution in [-0.4, -0.2) is 63.4 Å². The van der Waals surface area contributed by atoms with Gasteiger partial charge >= 0.3 is 6.03 Å². The Morgan fingerprint density at radius 2 is 2.07 bits per heavy atom. The number of benzene rings is 1. The molecule has 2 amide bonds. The molecule has 28 heavy (non-hydrogen) atoms. The molecule has 9 nitrogen and oxygen atoms in total. The third kappa shape index (κ3) is 2.90. The molecule has 2 saturated heterocycles. The minimum atomic E-state index is -0.324. The Labute approximate surface area is 163 Å². The molecule has 2 fully saturated rings. The van der Waals surface area contributed by atoms with E-state index in [0.717, 1.165) is 44.8 Å². The highest BCUT2D eigenvalue weighted by Gasteiger charge is 2.46. The highest BCUT2D eigenvalue weighted by atomic mass is 16.5. The van der Waals surface area contributed by atoms with Gasteiger partial charge in [0.2, 0.25) is 5.95 Å². The maximum Gasteiger partial charge on any atom is 0.317 e. The topological polar surface area (TPSA) is 88.4 Å². The van der Waals surface area contributed by atoms with Gasteiger partial charge in [-0.25, -0.2) is 9.48 Å². The number of carbonyl (C=O) groups is 1. The summed E-state index contributed by atoms with van der Waals surface area (Å²) in [4.78, 5) is 16.9. The van der Waals surface area contributed by atoms with Gasteiger partial charge in [0.1, 0.15) is 5.60 Å². The number of anilines is 1. The van der Waals surface area contributed by atoms with E-state index in [4.69, 9.17) is 4.74 Å². The fourth-order valence-corrected chi connectivity index (χ4v) is 4.66. The van der Waals surface area contributed by atoms with E-state index >= 15 is 0 Å². The number of amides is 2. The molecule has 3 aliphatic rings. The van der Waals surface area contributed by atoms with Gasteiger partial charge < -0.3 is 19.9 Å². The van der Waals surface area contributed by atoms with Crippen molar-refractivity contribution in [2.45, 2.75) is 37.5 Å². The van der Waals surface area contributed by atoms with Crippen molar-refractivity contribution in [2.75, 3.05) is 31.1 Å². The molecule has 0 bridgehead atoms. The Morgan fingerprint density at radius 1 is 1.25 bits per heavy atom. The van der Waals surface area contributed by atoms with Crippen LogP contribution in [0, 0.1) is 0 Å². The molecular formula is C19H25N7O2. The Morgan fingerprint density at radius 3 is 2.86 bits per heavy atom. The lowest BCUT2D eigenvalue weighted by Gasteiger charge is -2.33. The van der Waals surface area contributed by atoms with Crippen molar-refractivity contribution in [1.29, 1.82) is 0 Å². The van der Waals surface area contributed by atoms with Crippen LogP contribution in [0.25, 0.3) is 0 Å². The van der Waals surface area contributed by atoms with Crippen LogP contribution in [0.2, 0.25) is 0 Å². The molecule has 0 aliphatic carbocycles. The molecule has 4 heterocycles. The van der Waals surface area contributed by atoms with Gasteiger partial charge in [-0.3, -0.25) is 0 Å². The number of hydrogen-bond acceptors (Lipinski definition) is 6. The van der Waals surface area contributed by atoms with Gasteiger partial charge in [0, 0.05) is 39.1 Å². The first-order valence-corrected chi connectivity index (χ1v) is 9.90. The zero-order chi connectivity index (χ0) is 19.1. The second kappa shape index (κ2) is 6.73. The van der Waals surface area contributed by atoms with Crippen molar-refractivity contribution in [1.82, 2.24) is 30.4 Å². The van der Waals surface area contributed by atoms with Crippen LogP contribution in [0.1, 0.15) is 30.4 Å². The molecular weight excluding hydrogens is 358 g/mol. The quantitative estimate of drug-likeness (QED) is 0.833. The normalized spacial score (nSPS) is 24.8. The van der Waals surface area contributed by atoms with Crippen LogP contribution in [-0.2, 0) is 24.0 Å². The number of hydrogen-bond donors (Lipinski definition) is 1. The maximum atomic E-state index is 12.8. The third-order valence-electron chi connectivity index (χ3n) is 6.23. The third-order valence-corrected chi connectivity index (χ3v) is 6.23. The average molecular weight is 383 g/mol. The van der Waals surface area contributed by atoms with E-state index in [9.17, 15) is 4.79 Å². The van der Waals surface area contributed by atoms with E-state index in [0.29, 0.717) is 13.2 Å². The van der Waals surface area contributed by atoms with Crippen molar-refractivity contribution in [3.8, 4) is 0 Å². The van der Waals surface area contributed by atoms with Crippen molar-refractivity contribution in [2.24, 2.45) is 7.05 Å². The summed E-state index contributed by atoms with van der Waals surface area (Å²) in [5, 5.41) is 14.9. The lowest BCUT2D eigenvalue weighted by Crippen LogP contribution is -2.49. The fourth-order valence-electron chi connectivity index (χ4n) is 4.66. The standard InChI is InChI=1S/C19H25N7O2/c1-24-17(21-22-23-24)25-9-6-15(7-10-25)20-18(27)26-11-8-19(13-26)16-5-3-2-4-14(16)12-28-19/h2-5,15H,6-13H2,1H3,(H,20,27). The van der Waals surface area contributed by atoms with Gasteiger partial charge in [0.15, 0.2) is 0 Å². The molecule has 1 atom stereocenters. The molecule has 0 radical (unpaired) electrons. The number of fused-ring (bicyclic) bond motifs is 2. The van der Waals surface area contributed by atoms with Crippen molar-refractivity contribution in [3.05, 3.63) is 35.4 Å². The van der Waals surface area contributed by atoms with Gasteiger partial charge in [-0.1, -0.05) is 29.4 Å². The Bertz CT molecular complexity index is 877. The molecule has 2 aromatic rings. The van der Waals surface area contributed by atoms with Crippen LogP contribution in [0.15, 0.2) is 24.3 Å². The molecule has 3 aliphatic heterocycles. The molecule has 5 rings (SSSR count). The van der Waals surface area contributed by atoms with Gasteiger partial charge in [-0.2, -0.15) is 0 Å². The van der Waals surface area contributed by atoms with E-state index in [-0.39, 0.29) is 17.7 Å². The summed E-state index contributed by atoms with van der Waals surface area (Å²) in [5.41, 5.74) is 2.17. The largest absolute Gasteiger partial charge is 0.364 e. The second-order valence-corrected chi connectivity index (χ2v) is 7.92. The van der Waals surface area contributed by atoms with E-state index in [1.165, 1.54) is 11.1 Å². The summed E-state index contributed by atoms with van der Waals surface area (Å²) >= 11 is 0. The summed E-state index contributed by atoms with van der Waals surface area (Å²) < 4.78 is 7.84. The smallest absolute Gasteiger partial charge is 0.317 e.